The molecule has 0 aliphatic carbocycles. The van der Waals surface area contributed by atoms with E-state index in [4.69, 9.17) is 0 Å². The third-order valence-electron chi connectivity index (χ3n) is 3.71. The lowest BCUT2D eigenvalue weighted by Gasteiger charge is -2.41. The maximum absolute atomic E-state index is 11.9. The Kier molecular flexibility index (Phi) is 2.83. The van der Waals surface area contributed by atoms with Crippen molar-refractivity contribution in [1.29, 1.82) is 0 Å². The van der Waals surface area contributed by atoms with Gasteiger partial charge in [-0.05, 0) is 19.9 Å². The summed E-state index contributed by atoms with van der Waals surface area (Å²) < 4.78 is 0. The fraction of sp³-hybridized carbons (Fsp3) is 0.750. The molecule has 0 aromatic heterocycles. The topological polar surface area (TPSA) is 23.6 Å². The Morgan fingerprint density at radius 1 is 1.40 bits per heavy atom. The summed E-state index contributed by atoms with van der Waals surface area (Å²) in [7, 11) is 4.26. The van der Waals surface area contributed by atoms with E-state index in [1.807, 2.05) is 0 Å². The van der Waals surface area contributed by atoms with Crippen LogP contribution in [-0.2, 0) is 4.79 Å². The van der Waals surface area contributed by atoms with Crippen molar-refractivity contribution >= 4 is 5.78 Å². The first kappa shape index (κ1) is 10.7. The van der Waals surface area contributed by atoms with Gasteiger partial charge in [0.2, 0.25) is 0 Å². The molecule has 2 aliphatic heterocycles. The highest BCUT2D eigenvalue weighted by Crippen LogP contribution is 2.29. The Morgan fingerprint density at radius 2 is 2.13 bits per heavy atom. The van der Waals surface area contributed by atoms with Crippen molar-refractivity contribution in [2.75, 3.05) is 27.2 Å². The van der Waals surface area contributed by atoms with Crippen molar-refractivity contribution in [3.05, 3.63) is 11.3 Å². The Morgan fingerprint density at radius 3 is 2.80 bits per heavy atom. The molecule has 3 heteroatoms. The van der Waals surface area contributed by atoms with Crippen molar-refractivity contribution in [2.45, 2.75) is 32.2 Å². The van der Waals surface area contributed by atoms with Gasteiger partial charge in [0.05, 0.1) is 0 Å². The van der Waals surface area contributed by atoms with E-state index in [2.05, 4.69) is 30.8 Å². The quantitative estimate of drug-likeness (QED) is 0.648. The summed E-state index contributed by atoms with van der Waals surface area (Å²) in [5.74, 6) is 0.392. The van der Waals surface area contributed by atoms with Crippen LogP contribution in [0.2, 0.25) is 0 Å². The first-order valence-corrected chi connectivity index (χ1v) is 5.80. The molecule has 3 nitrogen and oxygen atoms in total. The fourth-order valence-corrected chi connectivity index (χ4v) is 2.61. The summed E-state index contributed by atoms with van der Waals surface area (Å²) in [6.45, 7) is 4.12. The Hall–Kier alpha value is -0.830. The monoisotopic (exact) mass is 208 g/mol. The van der Waals surface area contributed by atoms with Crippen LogP contribution in [0.1, 0.15) is 26.2 Å². The van der Waals surface area contributed by atoms with E-state index in [0.29, 0.717) is 11.8 Å². The van der Waals surface area contributed by atoms with Crippen LogP contribution in [0.3, 0.4) is 0 Å². The van der Waals surface area contributed by atoms with Crippen LogP contribution in [0.5, 0.6) is 0 Å². The zero-order valence-corrected chi connectivity index (χ0v) is 9.92. The molecule has 0 bridgehead atoms. The SMILES string of the molecule is CCC1CC(=O)C2=C(CN(C)CC2)N1C. The third kappa shape index (κ3) is 1.81. The highest BCUT2D eigenvalue weighted by molar-refractivity contribution is 5.97. The molecule has 0 radical (unpaired) electrons. The van der Waals surface area contributed by atoms with Crippen molar-refractivity contribution < 1.29 is 4.79 Å². The second-order valence-electron chi connectivity index (χ2n) is 4.71. The smallest absolute Gasteiger partial charge is 0.162 e. The van der Waals surface area contributed by atoms with Gasteiger partial charge in [-0.25, -0.2) is 0 Å². The number of likely N-dealkylation sites (N-methyl/N-ethyl adjacent to an activating group) is 2. The molecule has 2 heterocycles. The van der Waals surface area contributed by atoms with Gasteiger partial charge >= 0.3 is 0 Å². The van der Waals surface area contributed by atoms with Gasteiger partial charge < -0.3 is 9.80 Å². The van der Waals surface area contributed by atoms with Crippen molar-refractivity contribution in [3.8, 4) is 0 Å². The van der Waals surface area contributed by atoms with Gasteiger partial charge in [-0.1, -0.05) is 6.92 Å². The molecule has 2 rings (SSSR count). The minimum Gasteiger partial charge on any atom is -0.373 e. The predicted octanol–water partition coefficient (Wildman–Crippen LogP) is 1.26. The lowest BCUT2D eigenvalue weighted by Crippen LogP contribution is -2.45. The lowest BCUT2D eigenvalue weighted by atomic mass is 9.90. The summed E-state index contributed by atoms with van der Waals surface area (Å²) in [4.78, 5) is 16.6. The average molecular weight is 208 g/mol. The largest absolute Gasteiger partial charge is 0.373 e. The number of nitrogens with zero attached hydrogens (tertiary/aromatic N) is 2. The second-order valence-corrected chi connectivity index (χ2v) is 4.71. The zero-order chi connectivity index (χ0) is 11.0. The Balaban J connectivity index is 2.30. The molecule has 0 aromatic carbocycles. The molecule has 0 spiro atoms. The molecule has 15 heavy (non-hydrogen) atoms. The second kappa shape index (κ2) is 3.97. The first-order chi connectivity index (χ1) is 7.13. The van der Waals surface area contributed by atoms with E-state index in [0.717, 1.165) is 37.9 Å². The summed E-state index contributed by atoms with van der Waals surface area (Å²) in [6, 6.07) is 0.419. The molecule has 84 valence electrons. The van der Waals surface area contributed by atoms with Crippen LogP contribution in [0.15, 0.2) is 11.3 Å². The highest BCUT2D eigenvalue weighted by Gasteiger charge is 2.32. The van der Waals surface area contributed by atoms with Crippen LogP contribution in [0.25, 0.3) is 0 Å². The first-order valence-electron chi connectivity index (χ1n) is 5.80. The molecule has 0 N–H and O–H groups in total. The fourth-order valence-electron chi connectivity index (χ4n) is 2.61. The normalized spacial score (nSPS) is 28.3. The van der Waals surface area contributed by atoms with Crippen molar-refractivity contribution in [1.82, 2.24) is 9.80 Å². The number of ketones is 1. The molecule has 0 saturated heterocycles. The predicted molar refractivity (Wildman–Crippen MR) is 60.6 cm³/mol. The van der Waals surface area contributed by atoms with Crippen LogP contribution in [-0.4, -0.2) is 48.8 Å². The maximum Gasteiger partial charge on any atom is 0.162 e. The van der Waals surface area contributed by atoms with E-state index in [1.54, 1.807) is 0 Å². The molecule has 0 amide bonds. The molecule has 0 fully saturated rings. The molecule has 1 unspecified atom stereocenters. The average Bonchev–Trinajstić information content (AvgIpc) is 2.23. The molecular weight excluding hydrogens is 188 g/mol. The van der Waals surface area contributed by atoms with Crippen LogP contribution < -0.4 is 0 Å². The highest BCUT2D eigenvalue weighted by atomic mass is 16.1. The van der Waals surface area contributed by atoms with Crippen molar-refractivity contribution in [3.63, 3.8) is 0 Å². The van der Waals surface area contributed by atoms with E-state index in [1.165, 1.54) is 5.70 Å². The minimum atomic E-state index is 0.392. The molecular formula is C12H20N2O. The lowest BCUT2D eigenvalue weighted by molar-refractivity contribution is -0.118. The third-order valence-corrected chi connectivity index (χ3v) is 3.71. The maximum atomic E-state index is 11.9. The molecule has 2 aliphatic rings. The number of carbonyl (C=O) groups is 1. The van der Waals surface area contributed by atoms with Crippen molar-refractivity contribution in [2.24, 2.45) is 0 Å². The number of Topliss-reactive ketones (excluding diaryl/α,β-unsaturated/α-hetero) is 1. The van der Waals surface area contributed by atoms with Crippen LogP contribution in [0.4, 0.5) is 0 Å². The minimum absolute atomic E-state index is 0.392. The summed E-state index contributed by atoms with van der Waals surface area (Å²) in [5.41, 5.74) is 2.37. The Labute approximate surface area is 91.7 Å². The van der Waals surface area contributed by atoms with E-state index in [9.17, 15) is 4.79 Å². The van der Waals surface area contributed by atoms with Gasteiger partial charge in [0.1, 0.15) is 0 Å². The summed E-state index contributed by atoms with van der Waals surface area (Å²) >= 11 is 0. The molecule has 0 saturated carbocycles. The number of carbonyl (C=O) groups excluding carboxylic acids is 1. The van der Waals surface area contributed by atoms with E-state index >= 15 is 0 Å². The van der Waals surface area contributed by atoms with Gasteiger partial charge in [0.15, 0.2) is 5.78 Å². The molecule has 1 atom stereocenters. The van der Waals surface area contributed by atoms with Gasteiger partial charge in [0.25, 0.3) is 0 Å². The summed E-state index contributed by atoms with van der Waals surface area (Å²) in [5, 5.41) is 0. The van der Waals surface area contributed by atoms with Gasteiger partial charge in [-0.2, -0.15) is 0 Å². The Bertz CT molecular complexity index is 309. The van der Waals surface area contributed by atoms with E-state index < -0.39 is 0 Å². The summed E-state index contributed by atoms with van der Waals surface area (Å²) in [6.07, 6.45) is 2.71. The van der Waals surface area contributed by atoms with Gasteiger partial charge in [-0.3, -0.25) is 4.79 Å². The standard InChI is InChI=1S/C12H20N2O/c1-4-9-7-12(15)10-5-6-13(2)8-11(10)14(9)3/h9H,4-8H2,1-3H3. The molecule has 0 aromatic rings. The van der Waals surface area contributed by atoms with E-state index in [-0.39, 0.29) is 0 Å². The van der Waals surface area contributed by atoms with Crippen LogP contribution >= 0.6 is 0 Å². The van der Waals surface area contributed by atoms with Gasteiger partial charge in [0, 0.05) is 43.9 Å². The van der Waals surface area contributed by atoms with Crippen LogP contribution in [0, 0.1) is 0 Å². The zero-order valence-electron chi connectivity index (χ0n) is 9.92. The van der Waals surface area contributed by atoms with Gasteiger partial charge in [-0.15, -0.1) is 0 Å². The number of hydrogen-bond acceptors (Lipinski definition) is 3. The number of rotatable bonds is 1. The number of hydrogen-bond donors (Lipinski definition) is 0.